The van der Waals surface area contributed by atoms with Crippen LogP contribution >= 0.6 is 0 Å². The maximum atomic E-state index is 2.27. The quantitative estimate of drug-likeness (QED) is 0.399. The van der Waals surface area contributed by atoms with Crippen LogP contribution in [0, 0.1) is 5.92 Å². The van der Waals surface area contributed by atoms with Crippen LogP contribution in [0.1, 0.15) is 39.0 Å². The molecular formula is C9H16. The molecule has 0 atom stereocenters. The van der Waals surface area contributed by atoms with E-state index in [4.69, 9.17) is 0 Å². The zero-order chi connectivity index (χ0) is 6.53. The van der Waals surface area contributed by atoms with Crippen LogP contribution in [-0.2, 0) is 0 Å². The zero-order valence-electron chi connectivity index (χ0n) is 6.27. The lowest BCUT2D eigenvalue weighted by molar-refractivity contribution is 0.675. The molecule has 9 heavy (non-hydrogen) atoms. The first-order chi connectivity index (χ1) is 4.43. The Kier molecular flexibility index (Phi) is 2.82. The molecule has 0 aromatic rings. The molecule has 0 bridgehead atoms. The van der Waals surface area contributed by atoms with E-state index >= 15 is 0 Å². The molecule has 0 aromatic carbocycles. The summed E-state index contributed by atoms with van der Waals surface area (Å²) in [6.45, 7) is 2.09. The summed E-state index contributed by atoms with van der Waals surface area (Å²) in [4.78, 5) is 0. The second kappa shape index (κ2) is 3.71. The van der Waals surface area contributed by atoms with Gasteiger partial charge in [-0.1, -0.05) is 31.4 Å². The Bertz CT molecular complexity index is 88.2. The van der Waals surface area contributed by atoms with E-state index < -0.39 is 0 Å². The standard InChI is InChI=1S/C9H16/c1-2-3-4-5-6-9-7-8-9/h2-3,9H,4-8H2,1H3/b3-2-. The summed E-state index contributed by atoms with van der Waals surface area (Å²) in [6, 6.07) is 0. The van der Waals surface area contributed by atoms with E-state index in [-0.39, 0.29) is 0 Å². The molecule has 0 heteroatoms. The van der Waals surface area contributed by atoms with Crippen molar-refractivity contribution in [2.75, 3.05) is 0 Å². The molecule has 0 aliphatic heterocycles. The summed E-state index contributed by atoms with van der Waals surface area (Å²) < 4.78 is 0. The smallest absolute Gasteiger partial charge is 0.0351 e. The number of hydrogen-bond acceptors (Lipinski definition) is 0. The summed E-state index contributed by atoms with van der Waals surface area (Å²) in [7, 11) is 0. The average Bonchev–Trinajstić information content (AvgIpc) is 2.63. The van der Waals surface area contributed by atoms with Gasteiger partial charge in [0.25, 0.3) is 0 Å². The highest BCUT2D eigenvalue weighted by molar-refractivity contribution is 4.79. The largest absolute Gasteiger partial charge is 0.0917 e. The van der Waals surface area contributed by atoms with E-state index in [2.05, 4.69) is 19.1 Å². The molecule has 1 saturated carbocycles. The van der Waals surface area contributed by atoms with Crippen molar-refractivity contribution in [1.82, 2.24) is 0 Å². The van der Waals surface area contributed by atoms with Gasteiger partial charge in [-0.25, -0.2) is 0 Å². The molecule has 0 saturated heterocycles. The zero-order valence-corrected chi connectivity index (χ0v) is 6.27. The van der Waals surface area contributed by atoms with Crippen molar-refractivity contribution in [2.24, 2.45) is 5.92 Å². The van der Waals surface area contributed by atoms with Crippen LogP contribution in [0.15, 0.2) is 12.2 Å². The highest BCUT2D eigenvalue weighted by Crippen LogP contribution is 2.33. The Balaban J connectivity index is 1.81. The van der Waals surface area contributed by atoms with Crippen molar-refractivity contribution in [3.8, 4) is 0 Å². The number of hydrogen-bond donors (Lipinski definition) is 0. The fraction of sp³-hybridized carbons (Fsp3) is 0.778. The maximum absolute atomic E-state index is 2.27. The highest BCUT2D eigenvalue weighted by Gasteiger charge is 2.19. The van der Waals surface area contributed by atoms with E-state index in [1.807, 2.05) is 0 Å². The van der Waals surface area contributed by atoms with Gasteiger partial charge in [0.15, 0.2) is 0 Å². The minimum Gasteiger partial charge on any atom is -0.0917 e. The Morgan fingerprint density at radius 1 is 1.44 bits per heavy atom. The second-order valence-corrected chi connectivity index (χ2v) is 2.94. The maximum Gasteiger partial charge on any atom is -0.0351 e. The van der Waals surface area contributed by atoms with Gasteiger partial charge in [0.05, 0.1) is 0 Å². The third-order valence-electron chi connectivity index (χ3n) is 1.92. The molecule has 0 N–H and O–H groups in total. The molecule has 0 nitrogen and oxygen atoms in total. The Morgan fingerprint density at radius 2 is 2.22 bits per heavy atom. The van der Waals surface area contributed by atoms with Crippen molar-refractivity contribution in [3.05, 3.63) is 12.2 Å². The summed E-state index contributed by atoms with van der Waals surface area (Å²) >= 11 is 0. The van der Waals surface area contributed by atoms with E-state index in [0.29, 0.717) is 0 Å². The fourth-order valence-corrected chi connectivity index (χ4v) is 1.10. The molecule has 0 amide bonds. The van der Waals surface area contributed by atoms with Crippen LogP contribution in [0.2, 0.25) is 0 Å². The molecule has 1 rings (SSSR count). The van der Waals surface area contributed by atoms with E-state index in [1.165, 1.54) is 32.1 Å². The summed E-state index contributed by atoms with van der Waals surface area (Å²) in [5.74, 6) is 1.12. The first-order valence-corrected chi connectivity index (χ1v) is 4.04. The Morgan fingerprint density at radius 3 is 2.78 bits per heavy atom. The topological polar surface area (TPSA) is 0 Å². The molecule has 0 aromatic heterocycles. The number of allylic oxidation sites excluding steroid dienone is 2. The van der Waals surface area contributed by atoms with Crippen molar-refractivity contribution in [2.45, 2.75) is 39.0 Å². The minimum atomic E-state index is 1.12. The summed E-state index contributed by atoms with van der Waals surface area (Å²) in [5, 5.41) is 0. The monoisotopic (exact) mass is 124 g/mol. The van der Waals surface area contributed by atoms with Crippen molar-refractivity contribution < 1.29 is 0 Å². The van der Waals surface area contributed by atoms with Crippen LogP contribution in [0.3, 0.4) is 0 Å². The van der Waals surface area contributed by atoms with E-state index in [0.717, 1.165) is 5.92 Å². The van der Waals surface area contributed by atoms with Gasteiger partial charge in [-0.2, -0.15) is 0 Å². The van der Waals surface area contributed by atoms with Gasteiger partial charge in [0.2, 0.25) is 0 Å². The van der Waals surface area contributed by atoms with E-state index in [1.54, 1.807) is 0 Å². The van der Waals surface area contributed by atoms with Gasteiger partial charge in [0, 0.05) is 0 Å². The number of rotatable bonds is 4. The Labute approximate surface area is 58.0 Å². The first-order valence-electron chi connectivity index (χ1n) is 4.04. The molecule has 0 heterocycles. The third-order valence-corrected chi connectivity index (χ3v) is 1.92. The van der Waals surface area contributed by atoms with Crippen LogP contribution in [0.4, 0.5) is 0 Å². The van der Waals surface area contributed by atoms with Gasteiger partial charge >= 0.3 is 0 Å². The first kappa shape index (κ1) is 6.85. The average molecular weight is 124 g/mol. The SMILES string of the molecule is C/C=C\CCCC1CC1. The van der Waals surface area contributed by atoms with Crippen LogP contribution in [0.25, 0.3) is 0 Å². The lowest BCUT2D eigenvalue weighted by Crippen LogP contribution is -1.74. The third kappa shape index (κ3) is 3.34. The van der Waals surface area contributed by atoms with Crippen LogP contribution in [-0.4, -0.2) is 0 Å². The second-order valence-electron chi connectivity index (χ2n) is 2.94. The van der Waals surface area contributed by atoms with Gasteiger partial charge in [0.1, 0.15) is 0 Å². The van der Waals surface area contributed by atoms with Crippen molar-refractivity contribution >= 4 is 0 Å². The lowest BCUT2D eigenvalue weighted by Gasteiger charge is -1.91. The predicted octanol–water partition coefficient (Wildman–Crippen LogP) is 3.14. The lowest BCUT2D eigenvalue weighted by atomic mass is 10.2. The predicted molar refractivity (Wildman–Crippen MR) is 41.4 cm³/mol. The summed E-state index contributed by atoms with van der Waals surface area (Å²) in [6.07, 6.45) is 11.6. The minimum absolute atomic E-state index is 1.12. The fourth-order valence-electron chi connectivity index (χ4n) is 1.10. The molecule has 0 radical (unpaired) electrons. The molecule has 52 valence electrons. The normalized spacial score (nSPS) is 19.2. The summed E-state index contributed by atoms with van der Waals surface area (Å²) in [5.41, 5.74) is 0. The molecule has 1 aliphatic carbocycles. The van der Waals surface area contributed by atoms with Crippen molar-refractivity contribution in [1.29, 1.82) is 0 Å². The number of unbranched alkanes of at least 4 members (excludes halogenated alkanes) is 1. The van der Waals surface area contributed by atoms with Gasteiger partial charge < -0.3 is 0 Å². The van der Waals surface area contributed by atoms with Crippen LogP contribution < -0.4 is 0 Å². The molecule has 1 fully saturated rings. The van der Waals surface area contributed by atoms with Gasteiger partial charge in [-0.15, -0.1) is 0 Å². The molecular weight excluding hydrogens is 108 g/mol. The molecule has 1 aliphatic rings. The highest BCUT2D eigenvalue weighted by atomic mass is 14.2. The van der Waals surface area contributed by atoms with Gasteiger partial charge in [-0.05, 0) is 25.7 Å². The molecule has 0 unspecified atom stereocenters. The van der Waals surface area contributed by atoms with E-state index in [9.17, 15) is 0 Å². The van der Waals surface area contributed by atoms with Crippen LogP contribution in [0.5, 0.6) is 0 Å². The Hall–Kier alpha value is -0.260. The van der Waals surface area contributed by atoms with Crippen molar-refractivity contribution in [3.63, 3.8) is 0 Å². The van der Waals surface area contributed by atoms with Gasteiger partial charge in [-0.3, -0.25) is 0 Å². The molecule has 0 spiro atoms.